The van der Waals surface area contributed by atoms with Crippen molar-refractivity contribution in [2.75, 3.05) is 12.4 Å². The Bertz CT molecular complexity index is 1040. The molecule has 0 amide bonds. The maximum Gasteiger partial charge on any atom is 0.321 e. The number of fused-ring (bicyclic) bond motifs is 1. The maximum atomic E-state index is 12.7. The summed E-state index contributed by atoms with van der Waals surface area (Å²) in [5, 5.41) is 0.984. The first-order chi connectivity index (χ1) is 13.6. The van der Waals surface area contributed by atoms with E-state index in [4.69, 9.17) is 9.47 Å². The van der Waals surface area contributed by atoms with Crippen molar-refractivity contribution < 1.29 is 14.3 Å². The van der Waals surface area contributed by atoms with E-state index < -0.39 is 5.97 Å². The van der Waals surface area contributed by atoms with E-state index in [-0.39, 0.29) is 11.3 Å². The first-order valence-electron chi connectivity index (χ1n) is 8.79. The average Bonchev–Trinajstić information content (AvgIpc) is 2.70. The Morgan fingerprint density at radius 3 is 2.61 bits per heavy atom. The van der Waals surface area contributed by atoms with E-state index in [1.807, 2.05) is 13.0 Å². The molecule has 0 unspecified atom stereocenters. The first-order valence-corrected chi connectivity index (χ1v) is 9.77. The van der Waals surface area contributed by atoms with E-state index in [9.17, 15) is 9.59 Å². The van der Waals surface area contributed by atoms with Crippen LogP contribution in [0.15, 0.2) is 71.1 Å². The van der Waals surface area contributed by atoms with Gasteiger partial charge < -0.3 is 9.47 Å². The molecule has 3 rings (SSSR count). The fraction of sp³-hybridized carbons (Fsp3) is 0.190. The highest BCUT2D eigenvalue weighted by molar-refractivity contribution is 7.99. The number of carbonyl (C=O) groups excluding carboxylic acids is 1. The summed E-state index contributed by atoms with van der Waals surface area (Å²) in [4.78, 5) is 29.4. The van der Waals surface area contributed by atoms with Gasteiger partial charge in [-0.15, -0.1) is 6.58 Å². The van der Waals surface area contributed by atoms with Gasteiger partial charge in [0.15, 0.2) is 5.16 Å². The summed E-state index contributed by atoms with van der Waals surface area (Å²) < 4.78 is 12.2. The van der Waals surface area contributed by atoms with Gasteiger partial charge in [0.1, 0.15) is 11.5 Å². The van der Waals surface area contributed by atoms with E-state index in [0.29, 0.717) is 40.7 Å². The third-order valence-corrected chi connectivity index (χ3v) is 4.77. The van der Waals surface area contributed by atoms with Crippen molar-refractivity contribution in [2.24, 2.45) is 0 Å². The summed E-state index contributed by atoms with van der Waals surface area (Å²) in [6.45, 7) is 6.47. The lowest BCUT2D eigenvalue weighted by molar-refractivity contribution is -0.131. The molecular weight excluding hydrogens is 376 g/mol. The fourth-order valence-corrected chi connectivity index (χ4v) is 3.38. The Balaban J connectivity index is 1.73. The van der Waals surface area contributed by atoms with Crippen LogP contribution in [-0.4, -0.2) is 27.9 Å². The third-order valence-electron chi connectivity index (χ3n) is 3.82. The van der Waals surface area contributed by atoms with Gasteiger partial charge in [0, 0.05) is 6.54 Å². The van der Waals surface area contributed by atoms with Crippen LogP contribution in [0, 0.1) is 0 Å². The van der Waals surface area contributed by atoms with Gasteiger partial charge in [-0.3, -0.25) is 14.2 Å². The number of allylic oxidation sites excluding steroid dienone is 1. The van der Waals surface area contributed by atoms with Gasteiger partial charge in [0.25, 0.3) is 5.56 Å². The van der Waals surface area contributed by atoms with Gasteiger partial charge in [-0.05, 0) is 43.3 Å². The zero-order valence-corrected chi connectivity index (χ0v) is 16.3. The number of para-hydroxylation sites is 1. The smallest absolute Gasteiger partial charge is 0.321 e. The number of nitrogens with zero attached hydrogens (tertiary/aromatic N) is 2. The van der Waals surface area contributed by atoms with Crippen molar-refractivity contribution in [3.8, 4) is 11.5 Å². The highest BCUT2D eigenvalue weighted by Gasteiger charge is 2.13. The van der Waals surface area contributed by atoms with Crippen LogP contribution in [0.1, 0.15) is 6.92 Å². The van der Waals surface area contributed by atoms with Gasteiger partial charge in [-0.25, -0.2) is 4.98 Å². The van der Waals surface area contributed by atoms with E-state index in [1.54, 1.807) is 48.5 Å². The van der Waals surface area contributed by atoms with Crippen molar-refractivity contribution in [2.45, 2.75) is 18.6 Å². The number of rotatable bonds is 8. The summed E-state index contributed by atoms with van der Waals surface area (Å²) in [5.74, 6) is 0.742. The van der Waals surface area contributed by atoms with Gasteiger partial charge in [-0.1, -0.05) is 30.0 Å². The minimum absolute atomic E-state index is 0.0230. The molecule has 28 heavy (non-hydrogen) atoms. The summed E-state index contributed by atoms with van der Waals surface area (Å²) in [7, 11) is 0. The SMILES string of the molecule is C=CCn1c(SCC(=O)Oc2ccc(OCC)cc2)nc2ccccc2c1=O. The second-order valence-electron chi connectivity index (χ2n) is 5.78. The van der Waals surface area contributed by atoms with Crippen LogP contribution in [0.2, 0.25) is 0 Å². The molecule has 0 bridgehead atoms. The molecule has 2 aromatic carbocycles. The number of ether oxygens (including phenoxy) is 2. The molecule has 0 spiro atoms. The Kier molecular flexibility index (Phi) is 6.49. The molecule has 0 saturated heterocycles. The molecule has 0 N–H and O–H groups in total. The predicted octanol–water partition coefficient (Wildman–Crippen LogP) is 3.68. The number of carbonyl (C=O) groups is 1. The topological polar surface area (TPSA) is 70.4 Å². The molecule has 7 heteroatoms. The summed E-state index contributed by atoms with van der Waals surface area (Å²) >= 11 is 1.16. The zero-order valence-electron chi connectivity index (χ0n) is 15.5. The Hall–Kier alpha value is -3.06. The molecule has 0 aliphatic rings. The molecule has 144 valence electrons. The third kappa shape index (κ3) is 4.61. The number of benzene rings is 2. The molecule has 0 atom stereocenters. The molecule has 0 aliphatic heterocycles. The van der Waals surface area contributed by atoms with Crippen molar-refractivity contribution in [3.05, 3.63) is 71.5 Å². The van der Waals surface area contributed by atoms with Crippen LogP contribution in [-0.2, 0) is 11.3 Å². The van der Waals surface area contributed by atoms with Crippen LogP contribution in [0.4, 0.5) is 0 Å². The summed E-state index contributed by atoms with van der Waals surface area (Å²) in [5.41, 5.74) is 0.433. The standard InChI is InChI=1S/C21H20N2O4S/c1-3-13-23-20(25)17-7-5-6-8-18(17)22-21(23)28-14-19(24)27-16-11-9-15(10-12-16)26-4-2/h3,5-12H,1,4,13-14H2,2H3. The van der Waals surface area contributed by atoms with E-state index in [1.165, 1.54) is 4.57 Å². The van der Waals surface area contributed by atoms with Crippen LogP contribution in [0.3, 0.4) is 0 Å². The maximum absolute atomic E-state index is 12.7. The number of thioether (sulfide) groups is 1. The highest BCUT2D eigenvalue weighted by Crippen LogP contribution is 2.21. The number of hydrogen-bond donors (Lipinski definition) is 0. The van der Waals surface area contributed by atoms with Crippen LogP contribution < -0.4 is 15.0 Å². The molecule has 3 aromatic rings. The zero-order chi connectivity index (χ0) is 19.9. The number of esters is 1. The number of aromatic nitrogens is 2. The minimum Gasteiger partial charge on any atom is -0.494 e. The molecular formula is C21H20N2O4S. The Morgan fingerprint density at radius 1 is 1.18 bits per heavy atom. The van der Waals surface area contributed by atoms with Gasteiger partial charge in [0.2, 0.25) is 0 Å². The molecule has 6 nitrogen and oxygen atoms in total. The largest absolute Gasteiger partial charge is 0.494 e. The van der Waals surface area contributed by atoms with E-state index in [2.05, 4.69) is 11.6 Å². The molecule has 0 radical (unpaired) electrons. The summed E-state index contributed by atoms with van der Waals surface area (Å²) in [6, 6.07) is 14.0. The monoisotopic (exact) mass is 396 g/mol. The Labute approximate surface area is 166 Å². The predicted molar refractivity (Wildman–Crippen MR) is 110 cm³/mol. The molecule has 1 heterocycles. The lowest BCUT2D eigenvalue weighted by Crippen LogP contribution is -2.23. The van der Waals surface area contributed by atoms with Gasteiger partial charge in [0.05, 0.1) is 23.3 Å². The second-order valence-corrected chi connectivity index (χ2v) is 6.73. The van der Waals surface area contributed by atoms with Crippen molar-refractivity contribution in [3.63, 3.8) is 0 Å². The number of hydrogen-bond acceptors (Lipinski definition) is 6. The highest BCUT2D eigenvalue weighted by atomic mass is 32.2. The lowest BCUT2D eigenvalue weighted by atomic mass is 10.2. The summed E-state index contributed by atoms with van der Waals surface area (Å²) in [6.07, 6.45) is 1.63. The Morgan fingerprint density at radius 2 is 1.89 bits per heavy atom. The van der Waals surface area contributed by atoms with Crippen molar-refractivity contribution >= 4 is 28.6 Å². The fourth-order valence-electron chi connectivity index (χ4n) is 2.60. The van der Waals surface area contributed by atoms with Crippen LogP contribution in [0.5, 0.6) is 11.5 Å². The first kappa shape index (κ1) is 19.7. The van der Waals surface area contributed by atoms with E-state index >= 15 is 0 Å². The molecule has 0 fully saturated rings. The molecule has 0 aliphatic carbocycles. The molecule has 1 aromatic heterocycles. The molecule has 0 saturated carbocycles. The van der Waals surface area contributed by atoms with Gasteiger partial charge >= 0.3 is 5.97 Å². The normalized spacial score (nSPS) is 10.6. The van der Waals surface area contributed by atoms with Gasteiger partial charge in [-0.2, -0.15) is 0 Å². The van der Waals surface area contributed by atoms with Crippen LogP contribution >= 0.6 is 11.8 Å². The average molecular weight is 396 g/mol. The quantitative estimate of drug-likeness (QED) is 0.190. The van der Waals surface area contributed by atoms with E-state index in [0.717, 1.165) is 11.8 Å². The lowest BCUT2D eigenvalue weighted by Gasteiger charge is -2.11. The minimum atomic E-state index is -0.429. The van der Waals surface area contributed by atoms with Crippen molar-refractivity contribution in [1.29, 1.82) is 0 Å². The van der Waals surface area contributed by atoms with Crippen LogP contribution in [0.25, 0.3) is 10.9 Å². The van der Waals surface area contributed by atoms with Crippen molar-refractivity contribution in [1.82, 2.24) is 9.55 Å². The second kappa shape index (κ2) is 9.23.